The van der Waals surface area contributed by atoms with E-state index >= 15 is 0 Å². The van der Waals surface area contributed by atoms with Crippen LogP contribution in [0.15, 0.2) is 24.3 Å². The van der Waals surface area contributed by atoms with Gasteiger partial charge in [-0.1, -0.05) is 38.1 Å². The summed E-state index contributed by atoms with van der Waals surface area (Å²) in [5.74, 6) is 0.802. The molecule has 1 aromatic rings. The molecule has 1 N–H and O–H groups in total. The Kier molecular flexibility index (Phi) is 5.80. The summed E-state index contributed by atoms with van der Waals surface area (Å²) >= 11 is 0. The van der Waals surface area contributed by atoms with Crippen molar-refractivity contribution in [3.63, 3.8) is 0 Å². The first kappa shape index (κ1) is 16.0. The molecule has 1 fully saturated rings. The first-order valence-electron chi connectivity index (χ1n) is 8.17. The standard InChI is InChI=1S/C18H28N2O/c1-4-10-19-17-9-11-20(13-15(17)3)18(21)12-16-8-6-5-7-14(16)2/h5-8,15,17,19H,4,9-13H2,1-3H3. The molecule has 3 nitrogen and oxygen atoms in total. The van der Waals surface area contributed by atoms with Crippen molar-refractivity contribution < 1.29 is 4.79 Å². The van der Waals surface area contributed by atoms with E-state index in [1.165, 1.54) is 12.0 Å². The van der Waals surface area contributed by atoms with Gasteiger partial charge in [0.05, 0.1) is 6.42 Å². The average molecular weight is 288 g/mol. The van der Waals surface area contributed by atoms with Crippen molar-refractivity contribution in [3.05, 3.63) is 35.4 Å². The van der Waals surface area contributed by atoms with Gasteiger partial charge in [-0.3, -0.25) is 4.79 Å². The Morgan fingerprint density at radius 1 is 1.38 bits per heavy atom. The summed E-state index contributed by atoms with van der Waals surface area (Å²) in [6.07, 6.45) is 2.77. The molecule has 1 aromatic carbocycles. The monoisotopic (exact) mass is 288 g/mol. The largest absolute Gasteiger partial charge is 0.342 e. The second-order valence-electron chi connectivity index (χ2n) is 6.27. The van der Waals surface area contributed by atoms with Gasteiger partial charge in [0, 0.05) is 19.1 Å². The SMILES string of the molecule is CCCNC1CCN(C(=O)Cc2ccccc2C)CC1C. The minimum atomic E-state index is 0.269. The minimum Gasteiger partial charge on any atom is -0.342 e. The number of nitrogens with one attached hydrogen (secondary N) is 1. The van der Waals surface area contributed by atoms with Crippen LogP contribution in [0.5, 0.6) is 0 Å². The molecule has 0 saturated carbocycles. The van der Waals surface area contributed by atoms with Crippen molar-refractivity contribution in [1.82, 2.24) is 10.2 Å². The Balaban J connectivity index is 1.89. The maximum Gasteiger partial charge on any atom is 0.227 e. The van der Waals surface area contributed by atoms with E-state index in [1.54, 1.807) is 0 Å². The van der Waals surface area contributed by atoms with E-state index in [0.717, 1.165) is 31.6 Å². The fourth-order valence-corrected chi connectivity index (χ4v) is 3.09. The zero-order valence-corrected chi connectivity index (χ0v) is 13.6. The smallest absolute Gasteiger partial charge is 0.227 e. The summed E-state index contributed by atoms with van der Waals surface area (Å²) in [5.41, 5.74) is 2.36. The Bertz CT molecular complexity index is 472. The number of aryl methyl sites for hydroxylation is 1. The Morgan fingerprint density at radius 2 is 2.14 bits per heavy atom. The maximum atomic E-state index is 12.5. The van der Waals surface area contributed by atoms with Crippen LogP contribution in [0.3, 0.4) is 0 Å². The Morgan fingerprint density at radius 3 is 2.81 bits per heavy atom. The lowest BCUT2D eigenvalue weighted by Gasteiger charge is -2.37. The summed E-state index contributed by atoms with van der Waals surface area (Å²) in [6.45, 7) is 9.36. The van der Waals surface area contributed by atoms with E-state index in [2.05, 4.69) is 38.2 Å². The van der Waals surface area contributed by atoms with Gasteiger partial charge >= 0.3 is 0 Å². The minimum absolute atomic E-state index is 0.269. The van der Waals surface area contributed by atoms with Gasteiger partial charge in [0.15, 0.2) is 0 Å². The number of carbonyl (C=O) groups excluding carboxylic acids is 1. The van der Waals surface area contributed by atoms with E-state index in [4.69, 9.17) is 0 Å². The molecule has 1 aliphatic heterocycles. The quantitative estimate of drug-likeness (QED) is 0.903. The molecule has 1 amide bonds. The number of piperidine rings is 1. The first-order valence-corrected chi connectivity index (χ1v) is 8.17. The van der Waals surface area contributed by atoms with Crippen LogP contribution >= 0.6 is 0 Å². The van der Waals surface area contributed by atoms with E-state index < -0.39 is 0 Å². The van der Waals surface area contributed by atoms with Gasteiger partial charge in [0.25, 0.3) is 0 Å². The predicted octanol–water partition coefficient (Wildman–Crippen LogP) is 2.77. The van der Waals surface area contributed by atoms with Gasteiger partial charge in [0.2, 0.25) is 5.91 Å². The molecule has 0 spiro atoms. The van der Waals surface area contributed by atoms with Crippen molar-refractivity contribution in [2.45, 2.75) is 46.1 Å². The molecule has 21 heavy (non-hydrogen) atoms. The number of likely N-dealkylation sites (tertiary alicyclic amines) is 1. The van der Waals surface area contributed by atoms with E-state index in [0.29, 0.717) is 18.4 Å². The number of hydrogen-bond acceptors (Lipinski definition) is 2. The lowest BCUT2D eigenvalue weighted by Crippen LogP contribution is -2.50. The number of hydrogen-bond donors (Lipinski definition) is 1. The molecule has 1 heterocycles. The van der Waals surface area contributed by atoms with Gasteiger partial charge in [-0.15, -0.1) is 0 Å². The zero-order valence-electron chi connectivity index (χ0n) is 13.6. The number of rotatable bonds is 5. The molecular formula is C18H28N2O. The van der Waals surface area contributed by atoms with Crippen LogP contribution < -0.4 is 5.32 Å². The van der Waals surface area contributed by atoms with Gasteiger partial charge in [-0.25, -0.2) is 0 Å². The topological polar surface area (TPSA) is 32.3 Å². The normalized spacial score (nSPS) is 22.3. The highest BCUT2D eigenvalue weighted by Crippen LogP contribution is 2.18. The summed E-state index contributed by atoms with van der Waals surface area (Å²) in [4.78, 5) is 14.5. The Hall–Kier alpha value is -1.35. The van der Waals surface area contributed by atoms with Crippen LogP contribution in [0.4, 0.5) is 0 Å². The van der Waals surface area contributed by atoms with Crippen molar-refractivity contribution in [2.24, 2.45) is 5.92 Å². The molecule has 116 valence electrons. The van der Waals surface area contributed by atoms with Crippen molar-refractivity contribution in [2.75, 3.05) is 19.6 Å². The predicted molar refractivity (Wildman–Crippen MR) is 87.3 cm³/mol. The first-order chi connectivity index (χ1) is 10.1. The Labute approximate surface area is 128 Å². The lowest BCUT2D eigenvalue weighted by molar-refractivity contribution is -0.132. The van der Waals surface area contributed by atoms with E-state index in [1.807, 2.05) is 17.0 Å². The molecule has 3 heteroatoms. The van der Waals surface area contributed by atoms with Crippen LogP contribution in [0.25, 0.3) is 0 Å². The van der Waals surface area contributed by atoms with Crippen molar-refractivity contribution in [3.8, 4) is 0 Å². The highest BCUT2D eigenvalue weighted by atomic mass is 16.2. The molecule has 1 aliphatic rings. The number of nitrogens with zero attached hydrogens (tertiary/aromatic N) is 1. The second kappa shape index (κ2) is 7.60. The molecule has 2 unspecified atom stereocenters. The average Bonchev–Trinajstić information content (AvgIpc) is 2.48. The van der Waals surface area contributed by atoms with Gasteiger partial charge in [0.1, 0.15) is 0 Å². The maximum absolute atomic E-state index is 12.5. The summed E-state index contributed by atoms with van der Waals surface area (Å²) < 4.78 is 0. The zero-order chi connectivity index (χ0) is 15.2. The van der Waals surface area contributed by atoms with Crippen LogP contribution in [0, 0.1) is 12.8 Å². The number of benzene rings is 1. The third-order valence-corrected chi connectivity index (χ3v) is 4.52. The molecule has 2 rings (SSSR count). The molecule has 0 radical (unpaired) electrons. The number of amides is 1. The van der Waals surface area contributed by atoms with Gasteiger partial charge in [-0.05, 0) is 43.4 Å². The highest BCUT2D eigenvalue weighted by Gasteiger charge is 2.28. The highest BCUT2D eigenvalue weighted by molar-refractivity contribution is 5.79. The third kappa shape index (κ3) is 4.31. The van der Waals surface area contributed by atoms with Crippen molar-refractivity contribution >= 4 is 5.91 Å². The molecule has 2 atom stereocenters. The second-order valence-corrected chi connectivity index (χ2v) is 6.27. The summed E-state index contributed by atoms with van der Waals surface area (Å²) in [5, 5.41) is 3.60. The summed E-state index contributed by atoms with van der Waals surface area (Å²) in [6, 6.07) is 8.74. The van der Waals surface area contributed by atoms with Crippen LogP contribution in [0.1, 0.15) is 37.8 Å². The van der Waals surface area contributed by atoms with Gasteiger partial charge < -0.3 is 10.2 Å². The molecule has 0 aliphatic carbocycles. The van der Waals surface area contributed by atoms with E-state index in [-0.39, 0.29) is 5.91 Å². The van der Waals surface area contributed by atoms with Gasteiger partial charge in [-0.2, -0.15) is 0 Å². The molecule has 1 saturated heterocycles. The number of carbonyl (C=O) groups is 1. The fourth-order valence-electron chi connectivity index (χ4n) is 3.09. The van der Waals surface area contributed by atoms with Crippen LogP contribution in [0.2, 0.25) is 0 Å². The lowest BCUT2D eigenvalue weighted by atomic mass is 9.93. The summed E-state index contributed by atoms with van der Waals surface area (Å²) in [7, 11) is 0. The fraction of sp³-hybridized carbons (Fsp3) is 0.611. The van der Waals surface area contributed by atoms with Crippen LogP contribution in [-0.2, 0) is 11.2 Å². The molecule has 0 aromatic heterocycles. The molecule has 0 bridgehead atoms. The van der Waals surface area contributed by atoms with E-state index in [9.17, 15) is 4.79 Å². The van der Waals surface area contributed by atoms with Crippen molar-refractivity contribution in [1.29, 1.82) is 0 Å². The van der Waals surface area contributed by atoms with Crippen LogP contribution in [-0.4, -0.2) is 36.5 Å². The molecular weight excluding hydrogens is 260 g/mol. The third-order valence-electron chi connectivity index (χ3n) is 4.52.